The minimum Gasteiger partial charge on any atom is -0.480 e. The van der Waals surface area contributed by atoms with Crippen molar-refractivity contribution in [1.82, 2.24) is 0 Å². The van der Waals surface area contributed by atoms with Gasteiger partial charge in [-0.25, -0.2) is 0 Å². The highest BCUT2D eigenvalue weighted by molar-refractivity contribution is 5.73. The van der Waals surface area contributed by atoms with E-state index in [4.69, 9.17) is 10.8 Å². The molecule has 21 heavy (non-hydrogen) atoms. The second kappa shape index (κ2) is 7.14. The highest BCUT2D eigenvalue weighted by Crippen LogP contribution is 2.28. The zero-order valence-corrected chi connectivity index (χ0v) is 10.9. The van der Waals surface area contributed by atoms with Crippen LogP contribution >= 0.6 is 0 Å². The summed E-state index contributed by atoms with van der Waals surface area (Å²) in [5.74, 6) is -1.11. The topological polar surface area (TPSA) is 162 Å². The van der Waals surface area contributed by atoms with E-state index < -0.39 is 27.5 Å². The molecule has 0 aliphatic carbocycles. The summed E-state index contributed by atoms with van der Waals surface area (Å²) in [6, 6.07) is 2.27. The summed E-state index contributed by atoms with van der Waals surface area (Å²) in [7, 11) is 0. The summed E-state index contributed by atoms with van der Waals surface area (Å²) in [5, 5.41) is 32.8. The van der Waals surface area contributed by atoms with Crippen LogP contribution in [0.25, 0.3) is 0 Å². The lowest BCUT2D eigenvalue weighted by molar-refractivity contribution is -0.393. The van der Waals surface area contributed by atoms with E-state index in [0.29, 0.717) is 6.42 Å². The van der Waals surface area contributed by atoms with Crippen molar-refractivity contribution in [2.75, 3.05) is 11.9 Å². The van der Waals surface area contributed by atoms with Crippen molar-refractivity contribution >= 4 is 23.0 Å². The second-order valence-corrected chi connectivity index (χ2v) is 4.23. The third-order valence-corrected chi connectivity index (χ3v) is 2.71. The Morgan fingerprint density at radius 3 is 2.52 bits per heavy atom. The van der Waals surface area contributed by atoms with E-state index in [-0.39, 0.29) is 24.3 Å². The molecule has 0 spiro atoms. The Hall–Kier alpha value is -2.75. The van der Waals surface area contributed by atoms with Gasteiger partial charge in [0.25, 0.3) is 11.4 Å². The molecule has 1 atom stereocenters. The number of hydrogen-bond donors (Lipinski definition) is 3. The molecule has 0 bridgehead atoms. The van der Waals surface area contributed by atoms with Crippen molar-refractivity contribution in [2.45, 2.75) is 18.9 Å². The number of carbonyl (C=O) groups is 1. The predicted molar refractivity (Wildman–Crippen MR) is 73.1 cm³/mol. The Kier molecular flexibility index (Phi) is 5.55. The van der Waals surface area contributed by atoms with Crippen LogP contribution in [-0.4, -0.2) is 33.5 Å². The maximum Gasteiger partial charge on any atom is 0.320 e. The first kappa shape index (κ1) is 16.3. The van der Waals surface area contributed by atoms with Crippen molar-refractivity contribution in [3.05, 3.63) is 38.4 Å². The van der Waals surface area contributed by atoms with Crippen molar-refractivity contribution in [3.8, 4) is 0 Å². The zero-order chi connectivity index (χ0) is 16.0. The maximum atomic E-state index is 10.9. The van der Waals surface area contributed by atoms with E-state index in [1.54, 1.807) is 0 Å². The fraction of sp³-hybridized carbons (Fsp3) is 0.364. The van der Waals surface area contributed by atoms with Crippen LogP contribution in [0, 0.1) is 20.2 Å². The lowest BCUT2D eigenvalue weighted by atomic mass is 10.1. The van der Waals surface area contributed by atoms with Gasteiger partial charge in [-0.15, -0.1) is 0 Å². The number of nitro groups is 2. The zero-order valence-electron chi connectivity index (χ0n) is 10.9. The van der Waals surface area contributed by atoms with Gasteiger partial charge in [0.15, 0.2) is 0 Å². The van der Waals surface area contributed by atoms with Crippen molar-refractivity contribution < 1.29 is 19.7 Å². The number of rotatable bonds is 8. The first-order chi connectivity index (χ1) is 9.82. The minimum atomic E-state index is -1.11. The molecule has 1 rings (SSSR count). The summed E-state index contributed by atoms with van der Waals surface area (Å²) < 4.78 is 0. The normalized spacial score (nSPS) is 11.7. The van der Waals surface area contributed by atoms with Crippen LogP contribution in [0.15, 0.2) is 18.2 Å². The van der Waals surface area contributed by atoms with Gasteiger partial charge in [-0.05, 0) is 18.9 Å². The fourth-order valence-electron chi connectivity index (χ4n) is 1.60. The molecule has 0 saturated carbocycles. The van der Waals surface area contributed by atoms with Crippen LogP contribution in [0.2, 0.25) is 0 Å². The number of nitrogens with zero attached hydrogens (tertiary/aromatic N) is 2. The summed E-state index contributed by atoms with van der Waals surface area (Å²) in [6.45, 7) is 0.264. The molecule has 0 amide bonds. The number of anilines is 1. The van der Waals surface area contributed by atoms with Gasteiger partial charge in [0.05, 0.1) is 15.9 Å². The highest BCUT2D eigenvalue weighted by atomic mass is 16.6. The van der Waals surface area contributed by atoms with Gasteiger partial charge in [-0.3, -0.25) is 25.0 Å². The van der Waals surface area contributed by atoms with Gasteiger partial charge in [-0.1, -0.05) is 0 Å². The Morgan fingerprint density at radius 1 is 1.33 bits per heavy atom. The molecule has 1 unspecified atom stereocenters. The number of carboxylic acid groups (broad SMARTS) is 1. The van der Waals surface area contributed by atoms with Crippen molar-refractivity contribution in [1.29, 1.82) is 0 Å². The molecular formula is C11H14N4O6. The van der Waals surface area contributed by atoms with E-state index in [1.807, 2.05) is 0 Å². The number of carboxylic acids is 1. The van der Waals surface area contributed by atoms with Gasteiger partial charge in [-0.2, -0.15) is 0 Å². The van der Waals surface area contributed by atoms with Gasteiger partial charge in [0.1, 0.15) is 11.7 Å². The summed E-state index contributed by atoms with van der Waals surface area (Å²) in [5.41, 5.74) is 4.67. The highest BCUT2D eigenvalue weighted by Gasteiger charge is 2.19. The number of non-ortho nitro benzene ring substituents is 1. The van der Waals surface area contributed by atoms with Crippen molar-refractivity contribution in [3.63, 3.8) is 0 Å². The lowest BCUT2D eigenvalue weighted by Crippen LogP contribution is -2.30. The van der Waals surface area contributed by atoms with Gasteiger partial charge in [0.2, 0.25) is 0 Å². The third-order valence-electron chi connectivity index (χ3n) is 2.71. The first-order valence-electron chi connectivity index (χ1n) is 5.98. The molecule has 0 radical (unpaired) electrons. The summed E-state index contributed by atoms with van der Waals surface area (Å²) in [4.78, 5) is 30.5. The van der Waals surface area contributed by atoms with Gasteiger partial charge in [0, 0.05) is 12.6 Å². The van der Waals surface area contributed by atoms with Crippen LogP contribution < -0.4 is 11.1 Å². The van der Waals surface area contributed by atoms with E-state index in [2.05, 4.69) is 5.32 Å². The Labute approximate surface area is 118 Å². The predicted octanol–water partition coefficient (Wildman–Crippen LogP) is 1.11. The van der Waals surface area contributed by atoms with Gasteiger partial charge >= 0.3 is 5.97 Å². The lowest BCUT2D eigenvalue weighted by Gasteiger charge is -2.08. The maximum absolute atomic E-state index is 10.9. The standard InChI is InChI=1S/C11H14N4O6/c12-8(11(16)17)2-1-5-13-9-4-3-7(14(18)19)6-10(9)15(20)21/h3-4,6,8,13H,1-2,5,12H2,(H,16,17). The molecule has 1 aromatic carbocycles. The molecule has 0 heterocycles. The largest absolute Gasteiger partial charge is 0.480 e. The molecule has 1 aromatic rings. The first-order valence-corrected chi connectivity index (χ1v) is 5.98. The van der Waals surface area contributed by atoms with Crippen LogP contribution in [0.3, 0.4) is 0 Å². The fourth-order valence-corrected chi connectivity index (χ4v) is 1.60. The number of hydrogen-bond acceptors (Lipinski definition) is 7. The molecule has 10 heteroatoms. The average Bonchev–Trinajstić information content (AvgIpc) is 2.42. The number of nitrogens with two attached hydrogens (primary N) is 1. The van der Waals surface area contributed by atoms with Crippen LogP contribution in [0.4, 0.5) is 17.1 Å². The number of aliphatic carboxylic acids is 1. The molecule has 0 aliphatic rings. The van der Waals surface area contributed by atoms with E-state index in [1.165, 1.54) is 6.07 Å². The number of nitro benzene ring substituents is 2. The number of benzene rings is 1. The second-order valence-electron chi connectivity index (χ2n) is 4.23. The van der Waals surface area contributed by atoms with Gasteiger partial charge < -0.3 is 16.2 Å². The summed E-state index contributed by atoms with van der Waals surface area (Å²) in [6.07, 6.45) is 0.602. The van der Waals surface area contributed by atoms with Crippen LogP contribution in [0.5, 0.6) is 0 Å². The Bertz CT molecular complexity index is 562. The Morgan fingerprint density at radius 2 is 2.00 bits per heavy atom. The summed E-state index contributed by atoms with van der Waals surface area (Å²) >= 11 is 0. The Balaban J connectivity index is 2.68. The minimum absolute atomic E-state index is 0.134. The van der Waals surface area contributed by atoms with Crippen LogP contribution in [-0.2, 0) is 4.79 Å². The molecule has 10 nitrogen and oxygen atoms in total. The third kappa shape index (κ3) is 4.69. The molecule has 0 fully saturated rings. The van der Waals surface area contributed by atoms with E-state index in [0.717, 1.165) is 12.1 Å². The quantitative estimate of drug-likeness (QED) is 0.365. The smallest absolute Gasteiger partial charge is 0.320 e. The van der Waals surface area contributed by atoms with E-state index in [9.17, 15) is 25.0 Å². The SMILES string of the molecule is NC(CCCNc1ccc([N+](=O)[O-])cc1[N+](=O)[O-])C(=O)O. The molecule has 0 aliphatic heterocycles. The van der Waals surface area contributed by atoms with Crippen molar-refractivity contribution in [2.24, 2.45) is 5.73 Å². The van der Waals surface area contributed by atoms with E-state index >= 15 is 0 Å². The van der Waals surface area contributed by atoms with Crippen LogP contribution in [0.1, 0.15) is 12.8 Å². The molecule has 114 valence electrons. The molecule has 0 aromatic heterocycles. The molecule has 4 N–H and O–H groups in total. The average molecular weight is 298 g/mol. The molecule has 0 saturated heterocycles. The molecular weight excluding hydrogens is 284 g/mol. The monoisotopic (exact) mass is 298 g/mol. The number of nitrogens with one attached hydrogen (secondary N) is 1.